The van der Waals surface area contributed by atoms with Crippen molar-refractivity contribution in [3.8, 4) is 0 Å². The minimum absolute atomic E-state index is 0.0158. The number of carbonyl (C=O) groups excluding carboxylic acids is 2. The Morgan fingerprint density at radius 3 is 2.62 bits per heavy atom. The molecule has 3 fully saturated rings. The molecule has 4 heterocycles. The van der Waals surface area contributed by atoms with Gasteiger partial charge in [0.1, 0.15) is 5.82 Å². The van der Waals surface area contributed by atoms with E-state index in [4.69, 9.17) is 0 Å². The van der Waals surface area contributed by atoms with Crippen LogP contribution in [0.15, 0.2) is 24.4 Å². The van der Waals surface area contributed by atoms with Gasteiger partial charge in [0.25, 0.3) is 0 Å². The number of amides is 2. The first-order chi connectivity index (χ1) is 11.7. The second-order valence-corrected chi connectivity index (χ2v) is 7.12. The number of hydrogen-bond donors (Lipinski definition) is 0. The second kappa shape index (κ2) is 6.51. The quantitative estimate of drug-likeness (QED) is 0.779. The zero-order valence-electron chi connectivity index (χ0n) is 13.9. The summed E-state index contributed by atoms with van der Waals surface area (Å²) in [5, 5.41) is 0. The van der Waals surface area contributed by atoms with Gasteiger partial charge in [0, 0.05) is 57.8 Å². The van der Waals surface area contributed by atoms with Crippen LogP contribution in [-0.4, -0.2) is 65.4 Å². The first-order valence-corrected chi connectivity index (χ1v) is 8.94. The van der Waals surface area contributed by atoms with Crippen molar-refractivity contribution in [1.29, 1.82) is 0 Å². The smallest absolute Gasteiger partial charge is 0.229 e. The topological polar surface area (TPSA) is 56.8 Å². The molecule has 0 N–H and O–H groups in total. The molecule has 0 unspecified atom stereocenters. The summed E-state index contributed by atoms with van der Waals surface area (Å²) in [6.45, 7) is 4.65. The molecule has 24 heavy (non-hydrogen) atoms. The second-order valence-electron chi connectivity index (χ2n) is 7.12. The Balaban J connectivity index is 1.34. The number of nitrogens with zero attached hydrogens (tertiary/aromatic N) is 4. The fourth-order valence-corrected chi connectivity index (χ4v) is 4.24. The largest absolute Gasteiger partial charge is 0.354 e. The number of aromatic nitrogens is 1. The lowest BCUT2D eigenvalue weighted by Crippen LogP contribution is -2.57. The molecule has 1 aromatic heterocycles. The molecule has 0 bridgehead atoms. The number of rotatable bonds is 3. The number of imide groups is 1. The lowest BCUT2D eigenvalue weighted by molar-refractivity contribution is -0.139. The molecule has 1 aromatic rings. The van der Waals surface area contributed by atoms with E-state index in [-0.39, 0.29) is 11.8 Å². The predicted molar refractivity (Wildman–Crippen MR) is 90.5 cm³/mol. The molecule has 0 spiro atoms. The van der Waals surface area contributed by atoms with E-state index in [1.54, 1.807) is 0 Å². The van der Waals surface area contributed by atoms with Gasteiger partial charge in [0.05, 0.1) is 0 Å². The molecule has 0 saturated carbocycles. The first-order valence-electron chi connectivity index (χ1n) is 8.94. The Morgan fingerprint density at radius 1 is 1.04 bits per heavy atom. The van der Waals surface area contributed by atoms with Gasteiger partial charge >= 0.3 is 0 Å². The van der Waals surface area contributed by atoms with Crippen molar-refractivity contribution in [2.45, 2.75) is 31.7 Å². The van der Waals surface area contributed by atoms with E-state index in [1.807, 2.05) is 18.3 Å². The number of likely N-dealkylation sites (tertiary alicyclic amines) is 1. The van der Waals surface area contributed by atoms with Crippen LogP contribution in [0.2, 0.25) is 0 Å². The van der Waals surface area contributed by atoms with Gasteiger partial charge in [-0.05, 0) is 30.9 Å². The number of carbonyl (C=O) groups is 2. The highest BCUT2D eigenvalue weighted by Crippen LogP contribution is 2.28. The molecule has 3 aliphatic heterocycles. The molecule has 6 heteroatoms. The van der Waals surface area contributed by atoms with Crippen molar-refractivity contribution >= 4 is 17.6 Å². The van der Waals surface area contributed by atoms with Crippen LogP contribution in [-0.2, 0) is 9.59 Å². The van der Waals surface area contributed by atoms with Gasteiger partial charge in [0.15, 0.2) is 0 Å². The minimum Gasteiger partial charge on any atom is -0.354 e. The maximum atomic E-state index is 11.8. The van der Waals surface area contributed by atoms with Gasteiger partial charge in [-0.15, -0.1) is 0 Å². The monoisotopic (exact) mass is 328 g/mol. The van der Waals surface area contributed by atoms with E-state index in [1.165, 1.54) is 4.90 Å². The van der Waals surface area contributed by atoms with Crippen molar-refractivity contribution in [3.05, 3.63) is 24.4 Å². The third-order valence-electron chi connectivity index (χ3n) is 5.57. The third kappa shape index (κ3) is 3.02. The van der Waals surface area contributed by atoms with Crippen LogP contribution in [0.5, 0.6) is 0 Å². The lowest BCUT2D eigenvalue weighted by atomic mass is 9.90. The summed E-state index contributed by atoms with van der Waals surface area (Å²) >= 11 is 0. The zero-order valence-corrected chi connectivity index (χ0v) is 13.9. The summed E-state index contributed by atoms with van der Waals surface area (Å²) < 4.78 is 0. The molecular weight excluding hydrogens is 304 g/mol. The molecule has 128 valence electrons. The maximum absolute atomic E-state index is 11.8. The van der Waals surface area contributed by atoms with Crippen LogP contribution in [0, 0.1) is 5.92 Å². The van der Waals surface area contributed by atoms with E-state index < -0.39 is 0 Å². The predicted octanol–water partition coefficient (Wildman–Crippen LogP) is 1.13. The summed E-state index contributed by atoms with van der Waals surface area (Å²) in [5.41, 5.74) is 0. The minimum atomic E-state index is 0.0158. The van der Waals surface area contributed by atoms with Crippen molar-refractivity contribution in [2.24, 2.45) is 5.92 Å². The summed E-state index contributed by atoms with van der Waals surface area (Å²) in [7, 11) is 0. The molecule has 3 saturated heterocycles. The number of piperazine rings is 1. The van der Waals surface area contributed by atoms with Gasteiger partial charge in [-0.1, -0.05) is 6.07 Å². The molecule has 2 amide bonds. The summed E-state index contributed by atoms with van der Waals surface area (Å²) in [5.74, 6) is 1.52. The SMILES string of the molecule is O=C1CCC(=O)N1C[C@@H]1CC[C@H]2CN(c3ccccn3)CCN2C1. The van der Waals surface area contributed by atoms with Gasteiger partial charge in [-0.25, -0.2) is 4.98 Å². The van der Waals surface area contributed by atoms with Crippen molar-refractivity contribution in [3.63, 3.8) is 0 Å². The van der Waals surface area contributed by atoms with Crippen LogP contribution in [0.25, 0.3) is 0 Å². The fraction of sp³-hybridized carbons (Fsp3) is 0.611. The fourth-order valence-electron chi connectivity index (χ4n) is 4.24. The van der Waals surface area contributed by atoms with E-state index in [0.717, 1.165) is 44.8 Å². The summed E-state index contributed by atoms with van der Waals surface area (Å²) in [6.07, 6.45) is 4.87. The van der Waals surface area contributed by atoms with E-state index in [9.17, 15) is 9.59 Å². The van der Waals surface area contributed by atoms with Gasteiger partial charge in [-0.3, -0.25) is 19.4 Å². The lowest BCUT2D eigenvalue weighted by Gasteiger charge is -2.47. The molecule has 2 atom stereocenters. The summed E-state index contributed by atoms with van der Waals surface area (Å²) in [4.78, 5) is 34.5. The highest BCUT2D eigenvalue weighted by Gasteiger charge is 2.36. The van der Waals surface area contributed by atoms with Crippen LogP contribution < -0.4 is 4.90 Å². The molecule has 4 rings (SSSR count). The molecule has 3 aliphatic rings. The number of pyridine rings is 1. The van der Waals surface area contributed by atoms with E-state index in [0.29, 0.717) is 31.3 Å². The Morgan fingerprint density at radius 2 is 1.88 bits per heavy atom. The average molecular weight is 328 g/mol. The van der Waals surface area contributed by atoms with E-state index in [2.05, 4.69) is 20.9 Å². The Bertz CT molecular complexity index is 605. The third-order valence-corrected chi connectivity index (χ3v) is 5.57. The Labute approximate surface area is 142 Å². The molecule has 6 nitrogen and oxygen atoms in total. The number of fused-ring (bicyclic) bond motifs is 1. The number of anilines is 1. The van der Waals surface area contributed by atoms with Gasteiger partial charge < -0.3 is 4.90 Å². The van der Waals surface area contributed by atoms with Crippen LogP contribution in [0.4, 0.5) is 5.82 Å². The highest BCUT2D eigenvalue weighted by molar-refractivity contribution is 6.01. The average Bonchev–Trinajstić information content (AvgIpc) is 2.94. The highest BCUT2D eigenvalue weighted by atomic mass is 16.2. The molecule has 0 radical (unpaired) electrons. The maximum Gasteiger partial charge on any atom is 0.229 e. The normalized spacial score (nSPS) is 28.3. The zero-order chi connectivity index (χ0) is 16.5. The van der Waals surface area contributed by atoms with Crippen LogP contribution in [0.1, 0.15) is 25.7 Å². The van der Waals surface area contributed by atoms with Crippen LogP contribution in [0.3, 0.4) is 0 Å². The van der Waals surface area contributed by atoms with E-state index >= 15 is 0 Å². The Kier molecular flexibility index (Phi) is 4.22. The Hall–Kier alpha value is -1.95. The standard InChI is InChI=1S/C18H24N4O2/c23-17-6-7-18(24)22(17)12-14-4-5-15-13-21(10-9-20(15)11-14)16-3-1-2-8-19-16/h1-3,8,14-15H,4-7,9-13H2/t14-,15+/m1/s1. The van der Waals surface area contributed by atoms with Crippen molar-refractivity contribution in [1.82, 2.24) is 14.8 Å². The van der Waals surface area contributed by atoms with Crippen molar-refractivity contribution in [2.75, 3.05) is 37.6 Å². The molecule has 0 aromatic carbocycles. The van der Waals surface area contributed by atoms with Crippen LogP contribution >= 0.6 is 0 Å². The molecule has 0 aliphatic carbocycles. The van der Waals surface area contributed by atoms with Gasteiger partial charge in [0.2, 0.25) is 11.8 Å². The number of hydrogen-bond acceptors (Lipinski definition) is 5. The van der Waals surface area contributed by atoms with Crippen molar-refractivity contribution < 1.29 is 9.59 Å². The first kappa shape index (κ1) is 15.6. The molecular formula is C18H24N4O2. The summed E-state index contributed by atoms with van der Waals surface area (Å²) in [6, 6.07) is 6.62. The van der Waals surface area contributed by atoms with Gasteiger partial charge in [-0.2, -0.15) is 0 Å². The number of piperidine rings is 1.